The summed E-state index contributed by atoms with van der Waals surface area (Å²) in [6.45, 7) is 3.36. The summed E-state index contributed by atoms with van der Waals surface area (Å²) in [4.78, 5) is 0. The average Bonchev–Trinajstić information content (AvgIpc) is 2.53. The molecule has 3 rings (SSSR count). The van der Waals surface area contributed by atoms with E-state index in [0.29, 0.717) is 6.17 Å². The van der Waals surface area contributed by atoms with Crippen molar-refractivity contribution in [2.24, 2.45) is 0 Å². The van der Waals surface area contributed by atoms with Gasteiger partial charge in [-0.2, -0.15) is 0 Å². The molecule has 0 aliphatic carbocycles. The molecule has 1 unspecified atom stereocenters. The minimum Gasteiger partial charge on any atom is -0.287 e. The zero-order valence-electron chi connectivity index (χ0n) is 12.7. The highest BCUT2D eigenvalue weighted by atomic mass is 15.6. The van der Waals surface area contributed by atoms with Gasteiger partial charge in [0.2, 0.25) is 0 Å². The molecule has 1 aliphatic rings. The van der Waals surface area contributed by atoms with Gasteiger partial charge in [-0.25, -0.2) is 5.01 Å². The Balaban J connectivity index is 1.95. The van der Waals surface area contributed by atoms with Crippen molar-refractivity contribution in [2.75, 3.05) is 13.6 Å². The second-order valence-electron chi connectivity index (χ2n) is 5.72. The molecule has 0 saturated carbocycles. The lowest BCUT2D eigenvalue weighted by Gasteiger charge is -2.46. The lowest BCUT2D eigenvalue weighted by atomic mass is 9.84. The molecule has 0 radical (unpaired) electrons. The maximum atomic E-state index is 3.83. The van der Waals surface area contributed by atoms with Gasteiger partial charge in [0.1, 0.15) is 0 Å². The van der Waals surface area contributed by atoms with Gasteiger partial charge in [-0.3, -0.25) is 10.7 Å². The Hall–Kier alpha value is -1.68. The Bertz CT molecular complexity index is 526. The first kappa shape index (κ1) is 14.3. The van der Waals surface area contributed by atoms with E-state index in [1.54, 1.807) is 0 Å². The first-order valence-corrected chi connectivity index (χ1v) is 7.57. The SMILES string of the molecule is CNN1CCC1NC(C)(c1ccccc1)c1ccccc1. The highest BCUT2D eigenvalue weighted by molar-refractivity contribution is 5.37. The van der Waals surface area contributed by atoms with Crippen LogP contribution in [0.4, 0.5) is 0 Å². The molecule has 1 fully saturated rings. The fraction of sp³-hybridized carbons (Fsp3) is 0.333. The number of benzene rings is 2. The van der Waals surface area contributed by atoms with Crippen LogP contribution < -0.4 is 10.7 Å². The van der Waals surface area contributed by atoms with Crippen LogP contribution in [0.1, 0.15) is 24.5 Å². The quantitative estimate of drug-likeness (QED) is 0.882. The Morgan fingerprint density at radius 1 is 0.952 bits per heavy atom. The van der Waals surface area contributed by atoms with Crippen LogP contribution in [-0.2, 0) is 5.54 Å². The molecule has 1 heterocycles. The summed E-state index contributed by atoms with van der Waals surface area (Å²) in [5.41, 5.74) is 5.64. The number of hydrazine groups is 1. The molecule has 0 amide bonds. The van der Waals surface area contributed by atoms with Gasteiger partial charge in [-0.05, 0) is 31.5 Å². The monoisotopic (exact) mass is 281 g/mol. The van der Waals surface area contributed by atoms with Crippen LogP contribution in [0.15, 0.2) is 60.7 Å². The molecule has 0 bridgehead atoms. The molecule has 0 spiro atoms. The minimum absolute atomic E-state index is 0.192. The number of rotatable bonds is 5. The Morgan fingerprint density at radius 2 is 1.48 bits per heavy atom. The maximum Gasteiger partial charge on any atom is 0.0754 e. The van der Waals surface area contributed by atoms with Gasteiger partial charge >= 0.3 is 0 Å². The molecule has 21 heavy (non-hydrogen) atoms. The predicted molar refractivity (Wildman–Crippen MR) is 86.6 cm³/mol. The Labute approximate surface area is 127 Å². The van der Waals surface area contributed by atoms with Crippen molar-refractivity contribution in [3.63, 3.8) is 0 Å². The van der Waals surface area contributed by atoms with E-state index in [4.69, 9.17) is 0 Å². The van der Waals surface area contributed by atoms with Gasteiger partial charge in [0.05, 0.1) is 11.7 Å². The van der Waals surface area contributed by atoms with Crippen molar-refractivity contribution in [1.29, 1.82) is 0 Å². The molecule has 2 N–H and O–H groups in total. The van der Waals surface area contributed by atoms with Crippen LogP contribution in [0.3, 0.4) is 0 Å². The van der Waals surface area contributed by atoms with E-state index in [1.807, 2.05) is 7.05 Å². The van der Waals surface area contributed by atoms with Crippen LogP contribution >= 0.6 is 0 Å². The standard InChI is InChI=1S/C18H23N3/c1-18(15-9-5-3-6-10-15,16-11-7-4-8-12-16)20-17-13-14-21(17)19-2/h3-12,17,19-20H,13-14H2,1-2H3. The summed E-state index contributed by atoms with van der Waals surface area (Å²) in [5, 5.41) is 6.07. The summed E-state index contributed by atoms with van der Waals surface area (Å²) in [6, 6.07) is 21.3. The highest BCUT2D eigenvalue weighted by Gasteiger charge is 2.36. The smallest absolute Gasteiger partial charge is 0.0754 e. The third kappa shape index (κ3) is 2.72. The molecule has 110 valence electrons. The Morgan fingerprint density at radius 3 is 1.86 bits per heavy atom. The summed E-state index contributed by atoms with van der Waals surface area (Å²) in [6.07, 6.45) is 1.52. The predicted octanol–water partition coefficient (Wildman–Crippen LogP) is 2.71. The molecule has 2 aromatic rings. The molecular weight excluding hydrogens is 258 g/mol. The summed E-state index contributed by atoms with van der Waals surface area (Å²) in [5.74, 6) is 0. The highest BCUT2D eigenvalue weighted by Crippen LogP contribution is 2.31. The third-order valence-electron chi connectivity index (χ3n) is 4.46. The van der Waals surface area contributed by atoms with Crippen molar-refractivity contribution in [3.8, 4) is 0 Å². The van der Waals surface area contributed by atoms with E-state index >= 15 is 0 Å². The molecule has 1 atom stereocenters. The largest absolute Gasteiger partial charge is 0.287 e. The van der Waals surface area contributed by atoms with Crippen LogP contribution in [0.25, 0.3) is 0 Å². The molecule has 3 nitrogen and oxygen atoms in total. The van der Waals surface area contributed by atoms with Crippen molar-refractivity contribution >= 4 is 0 Å². The van der Waals surface area contributed by atoms with Crippen molar-refractivity contribution < 1.29 is 0 Å². The zero-order valence-corrected chi connectivity index (χ0v) is 12.7. The average molecular weight is 281 g/mol. The van der Waals surface area contributed by atoms with E-state index in [9.17, 15) is 0 Å². The zero-order chi connectivity index (χ0) is 14.7. The van der Waals surface area contributed by atoms with Gasteiger partial charge in [-0.15, -0.1) is 0 Å². The number of nitrogens with zero attached hydrogens (tertiary/aromatic N) is 1. The number of nitrogens with one attached hydrogen (secondary N) is 2. The second kappa shape index (κ2) is 5.98. The van der Waals surface area contributed by atoms with E-state index < -0.39 is 0 Å². The van der Waals surface area contributed by atoms with E-state index in [-0.39, 0.29) is 5.54 Å². The summed E-state index contributed by atoms with van der Waals surface area (Å²) in [7, 11) is 1.98. The van der Waals surface area contributed by atoms with Gasteiger partial charge in [0.15, 0.2) is 0 Å². The maximum absolute atomic E-state index is 3.83. The second-order valence-corrected chi connectivity index (χ2v) is 5.72. The van der Waals surface area contributed by atoms with Crippen LogP contribution in [0, 0.1) is 0 Å². The summed E-state index contributed by atoms with van der Waals surface area (Å²) >= 11 is 0. The first-order valence-electron chi connectivity index (χ1n) is 7.57. The topological polar surface area (TPSA) is 27.3 Å². The number of hydrogen-bond acceptors (Lipinski definition) is 3. The van der Waals surface area contributed by atoms with Gasteiger partial charge in [0.25, 0.3) is 0 Å². The fourth-order valence-corrected chi connectivity index (χ4v) is 3.01. The molecule has 2 aromatic carbocycles. The normalized spacial score (nSPS) is 19.2. The lowest BCUT2D eigenvalue weighted by molar-refractivity contribution is 0.00452. The van der Waals surface area contributed by atoms with Crippen LogP contribution in [-0.4, -0.2) is 24.8 Å². The van der Waals surface area contributed by atoms with Gasteiger partial charge in [-0.1, -0.05) is 60.7 Å². The van der Waals surface area contributed by atoms with Crippen molar-refractivity contribution in [3.05, 3.63) is 71.8 Å². The van der Waals surface area contributed by atoms with E-state index in [1.165, 1.54) is 11.1 Å². The summed E-state index contributed by atoms with van der Waals surface area (Å²) < 4.78 is 0. The molecule has 0 aromatic heterocycles. The van der Waals surface area contributed by atoms with Crippen LogP contribution in [0.5, 0.6) is 0 Å². The molecule has 1 aliphatic heterocycles. The van der Waals surface area contributed by atoms with Crippen molar-refractivity contribution in [1.82, 2.24) is 15.8 Å². The van der Waals surface area contributed by atoms with E-state index in [2.05, 4.69) is 83.3 Å². The van der Waals surface area contributed by atoms with Gasteiger partial charge < -0.3 is 0 Å². The van der Waals surface area contributed by atoms with Gasteiger partial charge in [0, 0.05) is 6.54 Å². The molecule has 3 heteroatoms. The number of hydrogen-bond donors (Lipinski definition) is 2. The lowest BCUT2D eigenvalue weighted by Crippen LogP contribution is -2.64. The molecule has 1 saturated heterocycles. The van der Waals surface area contributed by atoms with Crippen LogP contribution in [0.2, 0.25) is 0 Å². The van der Waals surface area contributed by atoms with E-state index in [0.717, 1.165) is 13.0 Å². The first-order chi connectivity index (χ1) is 10.2. The minimum atomic E-state index is -0.192. The Kier molecular flexibility index (Phi) is 4.06. The van der Waals surface area contributed by atoms with Crippen molar-refractivity contribution in [2.45, 2.75) is 25.0 Å². The molecular formula is C18H23N3. The fourth-order valence-electron chi connectivity index (χ4n) is 3.01. The third-order valence-corrected chi connectivity index (χ3v) is 4.46.